The van der Waals surface area contributed by atoms with Gasteiger partial charge in [-0.1, -0.05) is 6.07 Å². The van der Waals surface area contributed by atoms with E-state index in [-0.39, 0.29) is 6.04 Å². The summed E-state index contributed by atoms with van der Waals surface area (Å²) >= 11 is 0. The number of hydrogen-bond donors (Lipinski definition) is 4. The fraction of sp³-hybridized carbons (Fsp3) is 0.333. The van der Waals surface area contributed by atoms with E-state index in [0.29, 0.717) is 24.4 Å². The van der Waals surface area contributed by atoms with Gasteiger partial charge in [-0.15, -0.1) is 0 Å². The van der Waals surface area contributed by atoms with Crippen molar-refractivity contribution in [1.82, 2.24) is 15.6 Å². The van der Waals surface area contributed by atoms with Crippen molar-refractivity contribution in [2.75, 3.05) is 6.54 Å². The Hall–Kier alpha value is -2.08. The molecule has 0 bridgehead atoms. The summed E-state index contributed by atoms with van der Waals surface area (Å²) in [5, 5.41) is 14.9. The van der Waals surface area contributed by atoms with Crippen LogP contribution in [0.4, 0.5) is 0 Å². The molecule has 0 aromatic carbocycles. The fourth-order valence-electron chi connectivity index (χ4n) is 1.87. The van der Waals surface area contributed by atoms with Crippen LogP contribution in [0.1, 0.15) is 12.1 Å². The van der Waals surface area contributed by atoms with Crippen molar-refractivity contribution in [3.8, 4) is 0 Å². The summed E-state index contributed by atoms with van der Waals surface area (Å²) in [7, 11) is 0. The van der Waals surface area contributed by atoms with Crippen LogP contribution in [0, 0.1) is 0 Å². The van der Waals surface area contributed by atoms with Crippen LogP contribution in [0.15, 0.2) is 30.6 Å². The summed E-state index contributed by atoms with van der Waals surface area (Å²) in [5.41, 5.74) is 7.10. The predicted octanol–water partition coefficient (Wildman–Crippen LogP) is -0.257. The van der Waals surface area contributed by atoms with E-state index in [1.807, 2.05) is 18.2 Å². The average molecular weight is 248 g/mol. The Labute approximate surface area is 105 Å². The zero-order chi connectivity index (χ0) is 13.0. The Morgan fingerprint density at radius 1 is 1.61 bits per heavy atom. The smallest absolute Gasteiger partial charge is 0.320 e. The molecule has 2 unspecified atom stereocenters. The molecular formula is C12H16N4O2. The van der Waals surface area contributed by atoms with Crippen LogP contribution < -0.4 is 16.4 Å². The number of nitrogens with one attached hydrogen (secondary N) is 2. The molecule has 1 aliphatic rings. The van der Waals surface area contributed by atoms with E-state index >= 15 is 0 Å². The molecule has 5 N–H and O–H groups in total. The van der Waals surface area contributed by atoms with Gasteiger partial charge in [-0.2, -0.15) is 0 Å². The SMILES string of the molecule is N/C(=C\NC1CNC(C(=O)O)C1)c1ccccn1. The van der Waals surface area contributed by atoms with Crippen LogP contribution >= 0.6 is 0 Å². The standard InChI is InChI=1S/C12H16N4O2/c13-9(10-3-1-2-4-14-10)7-15-8-5-11(12(17)18)16-6-8/h1-4,7-8,11,15-16H,5-6,13H2,(H,17,18)/b9-7-. The molecular weight excluding hydrogens is 232 g/mol. The van der Waals surface area contributed by atoms with Gasteiger partial charge in [0, 0.05) is 25.0 Å². The lowest BCUT2D eigenvalue weighted by Gasteiger charge is -2.09. The topological polar surface area (TPSA) is 100 Å². The second-order valence-electron chi connectivity index (χ2n) is 4.21. The maximum atomic E-state index is 10.8. The second kappa shape index (κ2) is 5.50. The van der Waals surface area contributed by atoms with Gasteiger partial charge in [0.05, 0.1) is 11.4 Å². The van der Waals surface area contributed by atoms with E-state index < -0.39 is 12.0 Å². The van der Waals surface area contributed by atoms with E-state index in [1.54, 1.807) is 12.4 Å². The third kappa shape index (κ3) is 2.98. The highest BCUT2D eigenvalue weighted by Gasteiger charge is 2.28. The van der Waals surface area contributed by atoms with E-state index in [9.17, 15) is 4.79 Å². The van der Waals surface area contributed by atoms with E-state index in [1.165, 1.54) is 0 Å². The van der Waals surface area contributed by atoms with Crippen molar-refractivity contribution in [2.24, 2.45) is 5.73 Å². The number of aliphatic carboxylic acids is 1. The third-order valence-electron chi connectivity index (χ3n) is 2.86. The Bertz CT molecular complexity index is 447. The number of carboxylic acids is 1. The number of aromatic nitrogens is 1. The second-order valence-corrected chi connectivity index (χ2v) is 4.21. The van der Waals surface area contributed by atoms with Crippen molar-refractivity contribution in [3.63, 3.8) is 0 Å². The highest BCUT2D eigenvalue weighted by molar-refractivity contribution is 5.74. The molecule has 96 valence electrons. The van der Waals surface area contributed by atoms with Crippen LogP contribution in [0.2, 0.25) is 0 Å². The van der Waals surface area contributed by atoms with Gasteiger partial charge in [-0.05, 0) is 18.6 Å². The van der Waals surface area contributed by atoms with E-state index in [0.717, 1.165) is 0 Å². The minimum atomic E-state index is -0.819. The lowest BCUT2D eigenvalue weighted by Crippen LogP contribution is -2.30. The zero-order valence-electron chi connectivity index (χ0n) is 9.84. The number of carbonyl (C=O) groups is 1. The van der Waals surface area contributed by atoms with Crippen LogP contribution in [-0.4, -0.2) is 34.7 Å². The summed E-state index contributed by atoms with van der Waals surface area (Å²) in [6, 6.07) is 5.10. The van der Waals surface area contributed by atoms with Gasteiger partial charge in [-0.3, -0.25) is 9.78 Å². The molecule has 1 aromatic heterocycles. The summed E-state index contributed by atoms with van der Waals surface area (Å²) in [6.07, 6.45) is 3.90. The Morgan fingerprint density at radius 2 is 2.44 bits per heavy atom. The molecule has 0 saturated carbocycles. The van der Waals surface area contributed by atoms with Crippen LogP contribution in [-0.2, 0) is 4.79 Å². The molecule has 1 aromatic rings. The van der Waals surface area contributed by atoms with E-state index in [4.69, 9.17) is 10.8 Å². The lowest BCUT2D eigenvalue weighted by molar-refractivity contribution is -0.139. The third-order valence-corrected chi connectivity index (χ3v) is 2.86. The Balaban J connectivity index is 1.90. The predicted molar refractivity (Wildman–Crippen MR) is 67.4 cm³/mol. The molecule has 6 heteroatoms. The fourth-order valence-corrected chi connectivity index (χ4v) is 1.87. The molecule has 0 aliphatic carbocycles. The quantitative estimate of drug-likeness (QED) is 0.586. The molecule has 2 heterocycles. The van der Waals surface area contributed by atoms with Crippen molar-refractivity contribution in [1.29, 1.82) is 0 Å². The lowest BCUT2D eigenvalue weighted by atomic mass is 10.2. The molecule has 18 heavy (non-hydrogen) atoms. The first-order valence-electron chi connectivity index (χ1n) is 5.76. The summed E-state index contributed by atoms with van der Waals surface area (Å²) < 4.78 is 0. The van der Waals surface area contributed by atoms with Gasteiger partial charge < -0.3 is 21.5 Å². The first kappa shape index (κ1) is 12.4. The minimum Gasteiger partial charge on any atom is -0.480 e. The van der Waals surface area contributed by atoms with Crippen molar-refractivity contribution >= 4 is 11.7 Å². The van der Waals surface area contributed by atoms with E-state index in [2.05, 4.69) is 15.6 Å². The number of pyridine rings is 1. The molecule has 0 radical (unpaired) electrons. The number of hydrogen-bond acceptors (Lipinski definition) is 5. The van der Waals surface area contributed by atoms with Gasteiger partial charge in [0.15, 0.2) is 0 Å². The van der Waals surface area contributed by atoms with Crippen LogP contribution in [0.25, 0.3) is 5.70 Å². The molecule has 1 aliphatic heterocycles. The molecule has 0 amide bonds. The average Bonchev–Trinajstić information content (AvgIpc) is 2.86. The van der Waals surface area contributed by atoms with Gasteiger partial charge in [-0.25, -0.2) is 0 Å². The normalized spacial score (nSPS) is 23.9. The molecule has 0 spiro atoms. The molecule has 1 fully saturated rings. The van der Waals surface area contributed by atoms with Gasteiger partial charge in [0.2, 0.25) is 0 Å². The summed E-state index contributed by atoms with van der Waals surface area (Å²) in [5.74, 6) is -0.819. The molecule has 1 saturated heterocycles. The number of carboxylic acid groups (broad SMARTS) is 1. The molecule has 2 rings (SSSR count). The van der Waals surface area contributed by atoms with Gasteiger partial charge in [0.25, 0.3) is 0 Å². The first-order valence-corrected chi connectivity index (χ1v) is 5.76. The highest BCUT2D eigenvalue weighted by Crippen LogP contribution is 2.08. The largest absolute Gasteiger partial charge is 0.480 e. The number of nitrogens with zero attached hydrogens (tertiary/aromatic N) is 1. The minimum absolute atomic E-state index is 0.0772. The molecule has 2 atom stereocenters. The summed E-state index contributed by atoms with van der Waals surface area (Å²) in [4.78, 5) is 14.9. The van der Waals surface area contributed by atoms with Crippen LogP contribution in [0.5, 0.6) is 0 Å². The maximum Gasteiger partial charge on any atom is 0.320 e. The molecule has 6 nitrogen and oxygen atoms in total. The highest BCUT2D eigenvalue weighted by atomic mass is 16.4. The monoisotopic (exact) mass is 248 g/mol. The van der Waals surface area contributed by atoms with Crippen LogP contribution in [0.3, 0.4) is 0 Å². The first-order chi connectivity index (χ1) is 8.66. The zero-order valence-corrected chi connectivity index (χ0v) is 9.84. The summed E-state index contributed by atoms with van der Waals surface area (Å²) in [6.45, 7) is 0.614. The number of rotatable bonds is 4. The van der Waals surface area contributed by atoms with Crippen molar-refractivity contribution < 1.29 is 9.90 Å². The number of nitrogens with two attached hydrogens (primary N) is 1. The maximum absolute atomic E-state index is 10.8. The van der Waals surface area contributed by atoms with Crippen molar-refractivity contribution in [3.05, 3.63) is 36.3 Å². The van der Waals surface area contributed by atoms with Gasteiger partial charge >= 0.3 is 5.97 Å². The Kier molecular flexibility index (Phi) is 3.78. The van der Waals surface area contributed by atoms with Gasteiger partial charge in [0.1, 0.15) is 6.04 Å². The van der Waals surface area contributed by atoms with Crippen molar-refractivity contribution in [2.45, 2.75) is 18.5 Å². The Morgan fingerprint density at radius 3 is 3.06 bits per heavy atom.